The van der Waals surface area contributed by atoms with Gasteiger partial charge in [0.25, 0.3) is 0 Å². The lowest BCUT2D eigenvalue weighted by Gasteiger charge is -2.35. The molecule has 4 rings (SSSR count). The molecule has 1 saturated heterocycles. The Morgan fingerprint density at radius 2 is 1.91 bits per heavy atom. The Hall–Kier alpha value is -3.94. The van der Waals surface area contributed by atoms with E-state index in [2.05, 4.69) is 36.6 Å². The van der Waals surface area contributed by atoms with Gasteiger partial charge in [0.15, 0.2) is 5.82 Å². The normalized spacial score (nSPS) is 16.1. The molecule has 14 heteroatoms. The number of imide groups is 1. The van der Waals surface area contributed by atoms with Gasteiger partial charge < -0.3 is 26.0 Å². The first-order valence-electron chi connectivity index (χ1n) is 13.6. The molecule has 3 atom stereocenters. The predicted molar refractivity (Wildman–Crippen MR) is 158 cm³/mol. The van der Waals surface area contributed by atoms with Crippen molar-refractivity contribution in [3.05, 3.63) is 52.8 Å². The van der Waals surface area contributed by atoms with E-state index in [1.54, 1.807) is 40.0 Å². The summed E-state index contributed by atoms with van der Waals surface area (Å²) in [5.41, 5.74) is 0.0407. The minimum absolute atomic E-state index is 0.0900. The molecule has 0 spiro atoms. The van der Waals surface area contributed by atoms with E-state index in [0.717, 1.165) is 6.07 Å². The number of anilines is 2. The number of carbonyl (C=O) groups is 3. The van der Waals surface area contributed by atoms with Crippen LogP contribution >= 0.6 is 11.6 Å². The third-order valence-electron chi connectivity index (χ3n) is 7.52. The number of methoxy groups -OCH3 is 1. The number of nitrogens with zero attached hydrogens (tertiary/aromatic N) is 2. The van der Waals surface area contributed by atoms with Gasteiger partial charge in [-0.05, 0) is 62.5 Å². The molecule has 5 N–H and O–H groups in total. The largest absolute Gasteiger partial charge is 0.496 e. The fourth-order valence-corrected chi connectivity index (χ4v) is 4.87. The number of benzene rings is 2. The van der Waals surface area contributed by atoms with Crippen molar-refractivity contribution in [1.29, 1.82) is 0 Å². The average Bonchev–Trinajstić information content (AvgIpc) is 2.94. The van der Waals surface area contributed by atoms with E-state index in [9.17, 15) is 23.2 Å². The standard InChI is InChI=1S/C29H34ClF2N7O4/c1-14(33-4)26(40)38-24(28(42)39-27(41)19-8-9-34-19)29(2,3)12-15-10-16-20(11-21(15)43-5)35-13-36-25(16)37-18-7-6-17(31)22(30)23(18)32/h6-7,10-11,13-14,19,24,33-34H,8-9,12H2,1-5H3,(H,38,40)(H,35,36,37)(H,39,41,42)/t14-,19-,24+/m0/s1. The van der Waals surface area contributed by atoms with Crippen LogP contribution in [0, 0.1) is 17.0 Å². The highest BCUT2D eigenvalue weighted by Crippen LogP contribution is 2.36. The van der Waals surface area contributed by atoms with Crippen molar-refractivity contribution in [2.75, 3.05) is 26.0 Å². The summed E-state index contributed by atoms with van der Waals surface area (Å²) in [4.78, 5) is 47.5. The number of nitrogens with one attached hydrogen (secondary N) is 5. The number of ether oxygens (including phenoxy) is 1. The fraction of sp³-hybridized carbons (Fsp3) is 0.414. The molecule has 1 aliphatic rings. The van der Waals surface area contributed by atoms with Gasteiger partial charge in [0.05, 0.1) is 30.4 Å². The van der Waals surface area contributed by atoms with Crippen LogP contribution in [-0.2, 0) is 20.8 Å². The van der Waals surface area contributed by atoms with Gasteiger partial charge >= 0.3 is 0 Å². The molecule has 3 aromatic rings. The summed E-state index contributed by atoms with van der Waals surface area (Å²) in [7, 11) is 3.11. The highest BCUT2D eigenvalue weighted by Gasteiger charge is 2.40. The number of rotatable bonds is 11. The number of hydrogen-bond acceptors (Lipinski definition) is 9. The monoisotopic (exact) mass is 617 g/mol. The third-order valence-corrected chi connectivity index (χ3v) is 7.86. The van der Waals surface area contributed by atoms with Gasteiger partial charge in [-0.2, -0.15) is 0 Å². The molecule has 11 nitrogen and oxygen atoms in total. The highest BCUT2D eigenvalue weighted by atomic mass is 35.5. The molecule has 43 heavy (non-hydrogen) atoms. The minimum Gasteiger partial charge on any atom is -0.496 e. The summed E-state index contributed by atoms with van der Waals surface area (Å²) in [6, 6.07) is 3.47. The number of aromatic nitrogens is 2. The van der Waals surface area contributed by atoms with E-state index in [4.69, 9.17) is 16.3 Å². The number of hydrogen-bond donors (Lipinski definition) is 5. The van der Waals surface area contributed by atoms with Crippen molar-refractivity contribution in [2.45, 2.75) is 51.7 Å². The quantitative estimate of drug-likeness (QED) is 0.205. The molecule has 3 amide bonds. The van der Waals surface area contributed by atoms with Crippen LogP contribution in [0.1, 0.15) is 32.8 Å². The number of amides is 3. The average molecular weight is 618 g/mol. The molecule has 1 fully saturated rings. The lowest BCUT2D eigenvalue weighted by molar-refractivity contribution is -0.138. The fourth-order valence-electron chi connectivity index (χ4n) is 4.71. The second kappa shape index (κ2) is 13.1. The molecule has 1 aromatic heterocycles. The van der Waals surface area contributed by atoms with Crippen molar-refractivity contribution in [3.8, 4) is 5.75 Å². The van der Waals surface area contributed by atoms with Crippen molar-refractivity contribution < 1.29 is 27.9 Å². The van der Waals surface area contributed by atoms with Crippen molar-refractivity contribution in [2.24, 2.45) is 5.41 Å². The van der Waals surface area contributed by atoms with Gasteiger partial charge in [-0.1, -0.05) is 25.4 Å². The molecule has 0 unspecified atom stereocenters. The van der Waals surface area contributed by atoms with E-state index in [-0.39, 0.29) is 17.9 Å². The van der Waals surface area contributed by atoms with E-state index < -0.39 is 57.9 Å². The maximum Gasteiger partial charge on any atom is 0.249 e. The second-order valence-electron chi connectivity index (χ2n) is 11.0. The lowest BCUT2D eigenvalue weighted by atomic mass is 9.77. The number of halogens is 3. The predicted octanol–water partition coefficient (Wildman–Crippen LogP) is 2.98. The molecule has 0 aliphatic carbocycles. The maximum atomic E-state index is 14.7. The first-order chi connectivity index (χ1) is 20.4. The van der Waals surface area contributed by atoms with Crippen LogP contribution in [-0.4, -0.2) is 66.5 Å². The summed E-state index contributed by atoms with van der Waals surface area (Å²) in [5, 5.41) is 13.7. The highest BCUT2D eigenvalue weighted by molar-refractivity contribution is 6.31. The number of fused-ring (bicyclic) bond motifs is 1. The Kier molecular flexibility index (Phi) is 9.78. The molecule has 0 radical (unpaired) electrons. The molecular formula is C29H34ClF2N7O4. The Balaban J connectivity index is 1.70. The van der Waals surface area contributed by atoms with Crippen molar-refractivity contribution in [3.63, 3.8) is 0 Å². The molecule has 2 heterocycles. The molecule has 0 saturated carbocycles. The van der Waals surface area contributed by atoms with E-state index in [0.29, 0.717) is 35.2 Å². The number of likely N-dealkylation sites (N-methyl/N-ethyl adjacent to an activating group) is 1. The first kappa shape index (κ1) is 32.0. The van der Waals surface area contributed by atoms with E-state index >= 15 is 0 Å². The first-order valence-corrected chi connectivity index (χ1v) is 14.0. The van der Waals surface area contributed by atoms with Crippen molar-refractivity contribution in [1.82, 2.24) is 31.2 Å². The smallest absolute Gasteiger partial charge is 0.249 e. The summed E-state index contributed by atoms with van der Waals surface area (Å²) in [5.74, 6) is -2.73. The van der Waals surface area contributed by atoms with Gasteiger partial charge in [-0.3, -0.25) is 19.7 Å². The summed E-state index contributed by atoms with van der Waals surface area (Å²) in [6.07, 6.45) is 2.08. The molecule has 230 valence electrons. The van der Waals surface area contributed by atoms with E-state index in [1.807, 2.05) is 0 Å². The third kappa shape index (κ3) is 7.00. The summed E-state index contributed by atoms with van der Waals surface area (Å²) >= 11 is 5.75. The Morgan fingerprint density at radius 3 is 2.53 bits per heavy atom. The second-order valence-corrected chi connectivity index (χ2v) is 11.4. The Morgan fingerprint density at radius 1 is 1.19 bits per heavy atom. The summed E-state index contributed by atoms with van der Waals surface area (Å²) in [6.45, 7) is 5.90. The van der Waals surface area contributed by atoms with Crippen LogP contribution in [0.5, 0.6) is 5.75 Å². The van der Waals surface area contributed by atoms with Crippen LogP contribution in [0.2, 0.25) is 5.02 Å². The molecular weight excluding hydrogens is 584 g/mol. The van der Waals surface area contributed by atoms with Crippen LogP contribution in [0.3, 0.4) is 0 Å². The topological polar surface area (TPSA) is 146 Å². The van der Waals surface area contributed by atoms with Crippen molar-refractivity contribution >= 4 is 51.7 Å². The van der Waals surface area contributed by atoms with Gasteiger partial charge in [0.1, 0.15) is 34.8 Å². The molecule has 2 aromatic carbocycles. The van der Waals surface area contributed by atoms with Gasteiger partial charge in [-0.25, -0.2) is 18.7 Å². The van der Waals surface area contributed by atoms with Crippen LogP contribution in [0.15, 0.2) is 30.6 Å². The van der Waals surface area contributed by atoms with Crippen LogP contribution in [0.4, 0.5) is 20.3 Å². The molecule has 0 bridgehead atoms. The zero-order chi connectivity index (χ0) is 31.5. The van der Waals surface area contributed by atoms with Crippen LogP contribution in [0.25, 0.3) is 10.9 Å². The SMILES string of the molecule is CN[C@@H](C)C(=O)N[C@H](C(=O)NC(=O)[C@@H]1CCN1)C(C)(C)Cc1cc2c(Nc3ccc(F)c(Cl)c3F)ncnc2cc1OC. The zero-order valence-electron chi connectivity index (χ0n) is 24.4. The molecule has 1 aliphatic heterocycles. The maximum absolute atomic E-state index is 14.7. The number of carbonyl (C=O) groups excluding carboxylic acids is 3. The lowest BCUT2D eigenvalue weighted by Crippen LogP contribution is -2.61. The van der Waals surface area contributed by atoms with Gasteiger partial charge in [0, 0.05) is 11.5 Å². The van der Waals surface area contributed by atoms with Crippen LogP contribution < -0.4 is 31.3 Å². The van der Waals surface area contributed by atoms with E-state index in [1.165, 1.54) is 19.5 Å². The van der Waals surface area contributed by atoms with Gasteiger partial charge in [0.2, 0.25) is 17.7 Å². The Labute approximate surface area is 252 Å². The van der Waals surface area contributed by atoms with Gasteiger partial charge in [-0.15, -0.1) is 0 Å². The Bertz CT molecular complexity index is 1550. The zero-order valence-corrected chi connectivity index (χ0v) is 25.2. The minimum atomic E-state index is -1.11. The summed E-state index contributed by atoms with van der Waals surface area (Å²) < 4.78 is 34.0.